The second-order valence-corrected chi connectivity index (χ2v) is 5.69. The van der Waals surface area contributed by atoms with Gasteiger partial charge in [-0.25, -0.2) is 0 Å². The molecular weight excluding hydrogens is 264 g/mol. The van der Waals surface area contributed by atoms with Crippen molar-refractivity contribution in [3.8, 4) is 0 Å². The minimum absolute atomic E-state index is 0. The van der Waals surface area contributed by atoms with E-state index in [9.17, 15) is 4.79 Å². The topological polar surface area (TPSA) is 64.4 Å². The van der Waals surface area contributed by atoms with Gasteiger partial charge in [0.1, 0.15) is 6.10 Å². The maximum atomic E-state index is 12.0. The predicted molar refractivity (Wildman–Crippen MR) is 78.4 cm³/mol. The Hall–Kier alpha value is -0.320. The summed E-state index contributed by atoms with van der Waals surface area (Å²) < 4.78 is 5.62. The molecule has 0 aromatic carbocycles. The number of hydrogen-bond donors (Lipinski definition) is 2. The van der Waals surface area contributed by atoms with Gasteiger partial charge in [-0.2, -0.15) is 0 Å². The molecule has 0 aromatic rings. The van der Waals surface area contributed by atoms with E-state index in [1.807, 2.05) is 0 Å². The zero-order valence-corrected chi connectivity index (χ0v) is 12.6. The molecule has 1 heterocycles. The van der Waals surface area contributed by atoms with Gasteiger partial charge in [0.15, 0.2) is 0 Å². The molecule has 2 atom stereocenters. The molecule has 4 nitrogen and oxygen atoms in total. The molecule has 3 N–H and O–H groups in total. The minimum atomic E-state index is -0.262. The third kappa shape index (κ3) is 4.62. The smallest absolute Gasteiger partial charge is 0.249 e. The van der Waals surface area contributed by atoms with E-state index in [0.29, 0.717) is 12.6 Å². The van der Waals surface area contributed by atoms with Crippen LogP contribution in [0.4, 0.5) is 0 Å². The van der Waals surface area contributed by atoms with Crippen LogP contribution in [0.15, 0.2) is 0 Å². The van der Waals surface area contributed by atoms with Crippen molar-refractivity contribution >= 4 is 18.3 Å². The minimum Gasteiger partial charge on any atom is -0.364 e. The molecule has 1 aliphatic heterocycles. The van der Waals surface area contributed by atoms with Crippen LogP contribution in [-0.2, 0) is 9.53 Å². The summed E-state index contributed by atoms with van der Waals surface area (Å²) in [6.07, 6.45) is 7.56. The zero-order chi connectivity index (χ0) is 13.0. The van der Waals surface area contributed by atoms with Crippen LogP contribution in [0.1, 0.15) is 51.9 Å². The number of rotatable bonds is 4. The summed E-state index contributed by atoms with van der Waals surface area (Å²) in [5.74, 6) is 0.938. The lowest BCUT2D eigenvalue weighted by Crippen LogP contribution is -2.43. The molecule has 0 spiro atoms. The number of nitrogens with one attached hydrogen (secondary N) is 1. The molecule has 0 aromatic heterocycles. The van der Waals surface area contributed by atoms with Gasteiger partial charge in [-0.05, 0) is 44.4 Å². The van der Waals surface area contributed by atoms with Gasteiger partial charge < -0.3 is 15.8 Å². The van der Waals surface area contributed by atoms with Crippen molar-refractivity contribution < 1.29 is 9.53 Å². The van der Waals surface area contributed by atoms with E-state index in [1.54, 1.807) is 0 Å². The number of hydrogen-bond acceptors (Lipinski definition) is 3. The lowest BCUT2D eigenvalue weighted by atomic mass is 9.84. The third-order valence-corrected chi connectivity index (χ3v) is 4.43. The standard InChI is InChI=1S/C14H26N2O2.ClH/c1-2-10-3-5-11(6-4-10)16-14(17)13-8-7-12(9-15)18-13;/h10-13H,2-9,15H2,1H3,(H,16,17);1H/t10?,11?,12-,13+;/m1./s1. The number of ether oxygens (including phenoxy) is 1. The Balaban J connectivity index is 0.00000180. The van der Waals surface area contributed by atoms with Crippen molar-refractivity contribution in [2.24, 2.45) is 11.7 Å². The number of carbonyl (C=O) groups excluding carboxylic acids is 1. The van der Waals surface area contributed by atoms with Gasteiger partial charge in [0.05, 0.1) is 6.10 Å². The van der Waals surface area contributed by atoms with E-state index in [0.717, 1.165) is 31.6 Å². The van der Waals surface area contributed by atoms with Gasteiger partial charge in [-0.15, -0.1) is 12.4 Å². The number of amides is 1. The summed E-state index contributed by atoms with van der Waals surface area (Å²) in [7, 11) is 0. The van der Waals surface area contributed by atoms with Crippen molar-refractivity contribution in [3.05, 3.63) is 0 Å². The van der Waals surface area contributed by atoms with Crippen molar-refractivity contribution in [2.45, 2.75) is 70.1 Å². The quantitative estimate of drug-likeness (QED) is 0.832. The first-order valence-electron chi connectivity index (χ1n) is 7.38. The normalized spacial score (nSPS) is 34.6. The second-order valence-electron chi connectivity index (χ2n) is 5.69. The van der Waals surface area contributed by atoms with Crippen molar-refractivity contribution in [1.82, 2.24) is 5.32 Å². The fraction of sp³-hybridized carbons (Fsp3) is 0.929. The highest BCUT2D eigenvalue weighted by atomic mass is 35.5. The Morgan fingerprint density at radius 3 is 2.42 bits per heavy atom. The molecule has 1 saturated heterocycles. The third-order valence-electron chi connectivity index (χ3n) is 4.43. The Morgan fingerprint density at radius 2 is 1.89 bits per heavy atom. The van der Waals surface area contributed by atoms with Crippen LogP contribution in [0.2, 0.25) is 0 Å². The summed E-state index contributed by atoms with van der Waals surface area (Å²) in [5, 5.41) is 3.15. The molecule has 1 aliphatic carbocycles. The average Bonchev–Trinajstić information content (AvgIpc) is 2.88. The molecule has 0 radical (unpaired) electrons. The van der Waals surface area contributed by atoms with E-state index >= 15 is 0 Å². The Labute approximate surface area is 122 Å². The molecule has 2 fully saturated rings. The highest BCUT2D eigenvalue weighted by molar-refractivity contribution is 5.85. The molecule has 2 rings (SSSR count). The van der Waals surface area contributed by atoms with Crippen LogP contribution in [0.5, 0.6) is 0 Å². The van der Waals surface area contributed by atoms with Crippen LogP contribution in [0.25, 0.3) is 0 Å². The highest BCUT2D eigenvalue weighted by Crippen LogP contribution is 2.27. The van der Waals surface area contributed by atoms with Gasteiger partial charge in [0, 0.05) is 12.6 Å². The molecule has 5 heteroatoms. The SMILES string of the molecule is CCC1CCC(NC(=O)[C@@H]2CC[C@H](CN)O2)CC1.Cl. The predicted octanol–water partition coefficient (Wildman–Crippen LogP) is 2.00. The van der Waals surface area contributed by atoms with Crippen molar-refractivity contribution in [1.29, 1.82) is 0 Å². The Morgan fingerprint density at radius 1 is 1.21 bits per heavy atom. The van der Waals surface area contributed by atoms with Gasteiger partial charge in [-0.1, -0.05) is 13.3 Å². The summed E-state index contributed by atoms with van der Waals surface area (Å²) in [6.45, 7) is 2.77. The summed E-state index contributed by atoms with van der Waals surface area (Å²) in [5.41, 5.74) is 5.55. The fourth-order valence-corrected chi connectivity index (χ4v) is 3.08. The molecule has 1 saturated carbocycles. The number of carbonyl (C=O) groups is 1. The van der Waals surface area contributed by atoms with Crippen molar-refractivity contribution in [3.63, 3.8) is 0 Å². The Kier molecular flexibility index (Phi) is 7.11. The first-order chi connectivity index (χ1) is 8.72. The number of nitrogens with two attached hydrogens (primary N) is 1. The van der Waals surface area contributed by atoms with E-state index in [1.165, 1.54) is 19.3 Å². The molecule has 2 aliphatic rings. The highest BCUT2D eigenvalue weighted by Gasteiger charge is 2.31. The monoisotopic (exact) mass is 290 g/mol. The number of halogens is 1. The second kappa shape index (κ2) is 8.08. The first-order valence-corrected chi connectivity index (χ1v) is 7.38. The van der Waals surface area contributed by atoms with Gasteiger partial charge in [-0.3, -0.25) is 4.79 Å². The molecular formula is C14H27ClN2O2. The largest absolute Gasteiger partial charge is 0.364 e. The van der Waals surface area contributed by atoms with E-state index in [4.69, 9.17) is 10.5 Å². The van der Waals surface area contributed by atoms with Crippen LogP contribution in [-0.4, -0.2) is 30.7 Å². The van der Waals surface area contributed by atoms with Crippen LogP contribution in [0, 0.1) is 5.92 Å². The Bertz CT molecular complexity index is 281. The molecule has 0 unspecified atom stereocenters. The molecule has 19 heavy (non-hydrogen) atoms. The molecule has 112 valence electrons. The zero-order valence-electron chi connectivity index (χ0n) is 11.8. The van der Waals surface area contributed by atoms with Crippen LogP contribution >= 0.6 is 12.4 Å². The lowest BCUT2D eigenvalue weighted by molar-refractivity contribution is -0.132. The summed E-state index contributed by atoms with van der Waals surface area (Å²) in [4.78, 5) is 12.0. The average molecular weight is 291 g/mol. The van der Waals surface area contributed by atoms with E-state index < -0.39 is 0 Å². The molecule has 0 bridgehead atoms. The lowest BCUT2D eigenvalue weighted by Gasteiger charge is -2.29. The first kappa shape index (κ1) is 16.7. The maximum Gasteiger partial charge on any atom is 0.249 e. The van der Waals surface area contributed by atoms with Gasteiger partial charge >= 0.3 is 0 Å². The van der Waals surface area contributed by atoms with Gasteiger partial charge in [0.2, 0.25) is 5.91 Å². The van der Waals surface area contributed by atoms with Crippen LogP contribution in [0.3, 0.4) is 0 Å². The van der Waals surface area contributed by atoms with Crippen molar-refractivity contribution in [2.75, 3.05) is 6.54 Å². The fourth-order valence-electron chi connectivity index (χ4n) is 3.08. The summed E-state index contributed by atoms with van der Waals surface area (Å²) in [6, 6.07) is 0.362. The van der Waals surface area contributed by atoms with E-state index in [2.05, 4.69) is 12.2 Å². The van der Waals surface area contributed by atoms with Gasteiger partial charge in [0.25, 0.3) is 0 Å². The van der Waals surface area contributed by atoms with E-state index in [-0.39, 0.29) is 30.5 Å². The maximum absolute atomic E-state index is 12.0. The molecule has 1 amide bonds. The summed E-state index contributed by atoms with van der Waals surface area (Å²) >= 11 is 0. The van der Waals surface area contributed by atoms with Crippen LogP contribution < -0.4 is 11.1 Å².